The summed E-state index contributed by atoms with van der Waals surface area (Å²) in [5.74, 6) is 0.502. The molecular weight excluding hydrogens is 338 g/mol. The van der Waals surface area contributed by atoms with Gasteiger partial charge in [0.2, 0.25) is 5.78 Å². The first-order valence-corrected chi connectivity index (χ1v) is 9.17. The molecule has 1 fully saturated rings. The van der Waals surface area contributed by atoms with Gasteiger partial charge in [0, 0.05) is 30.7 Å². The number of aryl methyl sites for hydroxylation is 2. The number of amides is 1. The standard InChI is InChI=1S/C17H19N5O2S/c1-10-15(25-11(2)19-10)16(24)21-7-4-3-5-13(21)12-9-14(23)22-8-6-18-17(22)20-12/h6,8-9,13H,3-5,7H2,1-2H3,(H,18,20)/t13-/m1/s1. The van der Waals surface area contributed by atoms with E-state index in [1.54, 1.807) is 18.5 Å². The number of thiazole rings is 1. The van der Waals surface area contributed by atoms with E-state index in [4.69, 9.17) is 0 Å². The molecule has 3 aromatic heterocycles. The molecule has 4 rings (SSSR count). The Kier molecular flexibility index (Phi) is 3.91. The number of H-pyrrole nitrogens is 1. The minimum absolute atomic E-state index is 0.00290. The number of hydrogen-bond acceptors (Lipinski definition) is 5. The normalized spacial score (nSPS) is 18.0. The average molecular weight is 357 g/mol. The van der Waals surface area contributed by atoms with Crippen LogP contribution in [0.1, 0.15) is 51.4 Å². The fourth-order valence-corrected chi connectivity index (χ4v) is 4.36. The third-order valence-corrected chi connectivity index (χ3v) is 5.69. The predicted molar refractivity (Wildman–Crippen MR) is 95.0 cm³/mol. The third-order valence-electron chi connectivity index (χ3n) is 4.63. The molecule has 1 atom stereocenters. The van der Waals surface area contributed by atoms with E-state index in [2.05, 4.69) is 15.0 Å². The molecule has 0 bridgehead atoms. The van der Waals surface area contributed by atoms with Gasteiger partial charge in [-0.1, -0.05) is 0 Å². The molecule has 1 saturated heterocycles. The summed E-state index contributed by atoms with van der Waals surface area (Å²) in [6, 6.07) is 1.44. The maximum atomic E-state index is 13.1. The Morgan fingerprint density at radius 1 is 1.36 bits per heavy atom. The van der Waals surface area contributed by atoms with Crippen LogP contribution in [0, 0.1) is 13.8 Å². The molecule has 25 heavy (non-hydrogen) atoms. The molecular formula is C17H19N5O2S. The Balaban J connectivity index is 1.74. The van der Waals surface area contributed by atoms with Gasteiger partial charge < -0.3 is 9.88 Å². The van der Waals surface area contributed by atoms with Gasteiger partial charge in [-0.05, 0) is 33.1 Å². The zero-order valence-corrected chi connectivity index (χ0v) is 15.0. The molecule has 0 aromatic carbocycles. The number of rotatable bonds is 2. The second kappa shape index (κ2) is 6.11. The summed E-state index contributed by atoms with van der Waals surface area (Å²) >= 11 is 1.43. The van der Waals surface area contributed by atoms with Gasteiger partial charge in [0.15, 0.2) is 0 Å². The van der Waals surface area contributed by atoms with Crippen LogP contribution >= 0.6 is 11.3 Å². The molecule has 1 aliphatic heterocycles. The van der Waals surface area contributed by atoms with E-state index in [1.807, 2.05) is 18.7 Å². The first-order valence-electron chi connectivity index (χ1n) is 8.36. The topological polar surface area (TPSA) is 83.4 Å². The highest BCUT2D eigenvalue weighted by molar-refractivity contribution is 7.13. The predicted octanol–water partition coefficient (Wildman–Crippen LogP) is 2.46. The van der Waals surface area contributed by atoms with Gasteiger partial charge in [0.05, 0.1) is 16.7 Å². The summed E-state index contributed by atoms with van der Waals surface area (Å²) in [7, 11) is 0. The highest BCUT2D eigenvalue weighted by atomic mass is 32.1. The number of carbonyl (C=O) groups is 1. The lowest BCUT2D eigenvalue weighted by Crippen LogP contribution is -2.39. The number of nitrogens with one attached hydrogen (secondary N) is 1. The molecule has 0 aliphatic carbocycles. The first-order chi connectivity index (χ1) is 12.0. The largest absolute Gasteiger partial charge is 0.329 e. The fourth-order valence-electron chi connectivity index (χ4n) is 3.48. The van der Waals surface area contributed by atoms with Crippen LogP contribution in [-0.2, 0) is 0 Å². The highest BCUT2D eigenvalue weighted by Crippen LogP contribution is 2.32. The first kappa shape index (κ1) is 16.0. The molecule has 1 aliphatic rings. The molecule has 0 spiro atoms. The van der Waals surface area contributed by atoms with Gasteiger partial charge in [0.25, 0.3) is 11.5 Å². The van der Waals surface area contributed by atoms with Gasteiger partial charge in [0.1, 0.15) is 4.88 Å². The average Bonchev–Trinajstić information content (AvgIpc) is 3.20. The van der Waals surface area contributed by atoms with E-state index in [0.717, 1.165) is 35.7 Å². The summed E-state index contributed by atoms with van der Waals surface area (Å²) in [5, 5.41) is 0.890. The van der Waals surface area contributed by atoms with Crippen LogP contribution in [0.3, 0.4) is 0 Å². The van der Waals surface area contributed by atoms with Crippen LogP contribution in [0.4, 0.5) is 0 Å². The van der Waals surface area contributed by atoms with Crippen molar-refractivity contribution in [1.29, 1.82) is 0 Å². The van der Waals surface area contributed by atoms with Crippen molar-refractivity contribution in [3.05, 3.63) is 50.1 Å². The second-order valence-corrected chi connectivity index (χ2v) is 7.54. The maximum absolute atomic E-state index is 13.1. The molecule has 7 nitrogen and oxygen atoms in total. The SMILES string of the molecule is Cc1nc(C)c(C(=O)N2CCCC[C@@H]2c2cc(=O)n3ccnc3[nH]2)s1. The van der Waals surface area contributed by atoms with Crippen molar-refractivity contribution >= 4 is 23.0 Å². The number of likely N-dealkylation sites (tertiary alicyclic amines) is 1. The van der Waals surface area contributed by atoms with Crippen LogP contribution in [0.15, 0.2) is 23.3 Å². The molecule has 0 saturated carbocycles. The Hall–Kier alpha value is -2.48. The van der Waals surface area contributed by atoms with Crippen molar-refractivity contribution in [2.24, 2.45) is 0 Å². The van der Waals surface area contributed by atoms with Gasteiger partial charge in [-0.25, -0.2) is 9.97 Å². The minimum atomic E-state index is -0.141. The van der Waals surface area contributed by atoms with Crippen molar-refractivity contribution in [1.82, 2.24) is 24.3 Å². The van der Waals surface area contributed by atoms with Crippen LogP contribution in [0.2, 0.25) is 0 Å². The van der Waals surface area contributed by atoms with Gasteiger partial charge in [-0.3, -0.25) is 14.0 Å². The summed E-state index contributed by atoms with van der Waals surface area (Å²) in [6.45, 7) is 4.46. The Labute approximate surface area is 148 Å². The molecule has 0 radical (unpaired) electrons. The van der Waals surface area contributed by atoms with Crippen molar-refractivity contribution in [3.63, 3.8) is 0 Å². The van der Waals surface area contributed by atoms with Crippen LogP contribution < -0.4 is 5.56 Å². The molecule has 0 unspecified atom stereocenters. The van der Waals surface area contributed by atoms with E-state index >= 15 is 0 Å². The van der Waals surface area contributed by atoms with Crippen LogP contribution in [0.5, 0.6) is 0 Å². The number of piperidine rings is 1. The van der Waals surface area contributed by atoms with Gasteiger partial charge >= 0.3 is 0 Å². The Bertz CT molecular complexity index is 1000. The summed E-state index contributed by atoms with van der Waals surface area (Å²) in [4.78, 5) is 39.7. The van der Waals surface area contributed by atoms with Gasteiger partial charge in [-0.15, -0.1) is 11.3 Å². The van der Waals surface area contributed by atoms with Crippen LogP contribution in [0.25, 0.3) is 5.78 Å². The van der Waals surface area contributed by atoms with E-state index in [-0.39, 0.29) is 17.5 Å². The Morgan fingerprint density at radius 3 is 2.96 bits per heavy atom. The van der Waals surface area contributed by atoms with E-state index < -0.39 is 0 Å². The van der Waals surface area contributed by atoms with Crippen molar-refractivity contribution in [2.75, 3.05) is 6.54 Å². The van der Waals surface area contributed by atoms with E-state index in [1.165, 1.54) is 15.7 Å². The van der Waals surface area contributed by atoms with Crippen LogP contribution in [-0.4, -0.2) is 36.7 Å². The smallest absolute Gasteiger partial charge is 0.266 e. The molecule has 3 aromatic rings. The van der Waals surface area contributed by atoms with Crippen molar-refractivity contribution < 1.29 is 4.79 Å². The second-order valence-electron chi connectivity index (χ2n) is 6.34. The molecule has 1 amide bonds. The summed E-state index contributed by atoms with van der Waals surface area (Å²) in [5.41, 5.74) is 1.38. The maximum Gasteiger partial charge on any atom is 0.266 e. The monoisotopic (exact) mass is 357 g/mol. The van der Waals surface area contributed by atoms with Crippen molar-refractivity contribution in [3.8, 4) is 0 Å². The molecule has 8 heteroatoms. The number of fused-ring (bicyclic) bond motifs is 1. The lowest BCUT2D eigenvalue weighted by atomic mass is 9.98. The van der Waals surface area contributed by atoms with Crippen molar-refractivity contribution in [2.45, 2.75) is 39.2 Å². The zero-order chi connectivity index (χ0) is 17.6. The Morgan fingerprint density at radius 2 is 2.20 bits per heavy atom. The molecule has 1 N–H and O–H groups in total. The van der Waals surface area contributed by atoms with E-state index in [0.29, 0.717) is 17.2 Å². The summed E-state index contributed by atoms with van der Waals surface area (Å²) < 4.78 is 1.47. The fraction of sp³-hybridized carbons (Fsp3) is 0.412. The highest BCUT2D eigenvalue weighted by Gasteiger charge is 2.31. The number of nitrogens with zero attached hydrogens (tertiary/aromatic N) is 4. The summed E-state index contributed by atoms with van der Waals surface area (Å²) in [6.07, 6.45) is 6.04. The third kappa shape index (κ3) is 2.76. The van der Waals surface area contributed by atoms with E-state index in [9.17, 15) is 9.59 Å². The number of hydrogen-bond donors (Lipinski definition) is 1. The number of aromatic amines is 1. The zero-order valence-electron chi connectivity index (χ0n) is 14.2. The number of aromatic nitrogens is 4. The number of imidazole rings is 1. The van der Waals surface area contributed by atoms with Gasteiger partial charge in [-0.2, -0.15) is 0 Å². The number of carbonyl (C=O) groups excluding carboxylic acids is 1. The quantitative estimate of drug-likeness (QED) is 0.764. The minimum Gasteiger partial charge on any atom is -0.329 e. The molecule has 130 valence electrons. The lowest BCUT2D eigenvalue weighted by molar-refractivity contribution is 0.0610. The lowest BCUT2D eigenvalue weighted by Gasteiger charge is -2.35. The molecule has 4 heterocycles.